The van der Waals surface area contributed by atoms with Crippen LogP contribution in [0.1, 0.15) is 50.7 Å². The molecular formula is C38H28Br2N7O4+. The molecule has 6 aromatic rings. The van der Waals surface area contributed by atoms with E-state index in [1.807, 2.05) is 106 Å². The first-order valence-electron chi connectivity index (χ1n) is 16.2. The number of aromatic nitrogens is 5. The van der Waals surface area contributed by atoms with Gasteiger partial charge in [0.15, 0.2) is 5.69 Å². The van der Waals surface area contributed by atoms with Crippen molar-refractivity contribution in [2.45, 2.75) is 19.5 Å². The number of imidazole rings is 1. The van der Waals surface area contributed by atoms with Crippen molar-refractivity contribution in [1.82, 2.24) is 19.3 Å². The van der Waals surface area contributed by atoms with Gasteiger partial charge in [-0.2, -0.15) is 4.57 Å². The summed E-state index contributed by atoms with van der Waals surface area (Å²) in [6.07, 6.45) is 2.85. The molecule has 0 N–H and O–H groups in total. The molecule has 11 nitrogen and oxygen atoms in total. The number of esters is 1. The van der Waals surface area contributed by atoms with E-state index in [9.17, 15) is 9.59 Å². The van der Waals surface area contributed by atoms with Gasteiger partial charge in [-0.3, -0.25) is 14.6 Å². The van der Waals surface area contributed by atoms with Crippen LogP contribution in [0.4, 0.5) is 4.79 Å². The minimum absolute atomic E-state index is 0.0156. The molecule has 4 aromatic carbocycles. The molecule has 0 saturated carbocycles. The Bertz CT molecular complexity index is 2200. The Morgan fingerprint density at radius 2 is 1.41 bits per heavy atom. The van der Waals surface area contributed by atoms with E-state index in [1.54, 1.807) is 12.7 Å². The fourth-order valence-corrected chi connectivity index (χ4v) is 6.95. The third kappa shape index (κ3) is 6.34. The molecule has 4 heterocycles. The van der Waals surface area contributed by atoms with Crippen LogP contribution in [0.3, 0.4) is 0 Å². The van der Waals surface area contributed by atoms with E-state index in [4.69, 9.17) is 19.5 Å². The van der Waals surface area contributed by atoms with Crippen molar-refractivity contribution in [2.75, 3.05) is 13.2 Å². The van der Waals surface area contributed by atoms with Gasteiger partial charge in [-0.05, 0) is 41.1 Å². The van der Waals surface area contributed by atoms with Gasteiger partial charge in [0.25, 0.3) is 12.2 Å². The van der Waals surface area contributed by atoms with E-state index < -0.39 is 12.1 Å². The van der Waals surface area contributed by atoms with Gasteiger partial charge in [0, 0.05) is 42.7 Å². The number of rotatable bonds is 7. The highest BCUT2D eigenvalue weighted by molar-refractivity contribution is 9.10. The summed E-state index contributed by atoms with van der Waals surface area (Å²) in [5.41, 5.74) is 7.93. The second-order valence-corrected chi connectivity index (χ2v) is 13.6. The zero-order valence-electron chi connectivity index (χ0n) is 26.9. The zero-order valence-corrected chi connectivity index (χ0v) is 30.1. The molecule has 0 amide bonds. The summed E-state index contributed by atoms with van der Waals surface area (Å²) >= 11 is 7.17. The van der Waals surface area contributed by atoms with E-state index in [0.29, 0.717) is 11.5 Å². The molecule has 2 aliphatic rings. The number of fused-ring (bicyclic) bond motifs is 6. The molecule has 8 rings (SSSR count). The Kier molecular flexibility index (Phi) is 8.97. The van der Waals surface area contributed by atoms with Crippen molar-refractivity contribution in [1.29, 1.82) is 0 Å². The van der Waals surface area contributed by atoms with Crippen LogP contribution in [0.5, 0.6) is 0 Å². The summed E-state index contributed by atoms with van der Waals surface area (Å²) in [7, 11) is 0. The number of ether oxygens (including phenoxy) is 2. The number of hydrogen-bond donors (Lipinski definition) is 0. The molecular weight excluding hydrogens is 778 g/mol. The van der Waals surface area contributed by atoms with Crippen LogP contribution in [0.15, 0.2) is 129 Å². The first kappa shape index (κ1) is 32.7. The first-order chi connectivity index (χ1) is 25.0. The number of aliphatic imine (C=N–C) groups is 2. The van der Waals surface area contributed by atoms with Crippen LogP contribution >= 0.6 is 31.9 Å². The minimum atomic E-state index is -0.649. The quantitative estimate of drug-likeness (QED) is 0.0996. The lowest BCUT2D eigenvalue weighted by atomic mass is 10.0. The van der Waals surface area contributed by atoms with E-state index in [2.05, 4.69) is 41.9 Å². The molecule has 0 radical (unpaired) electrons. The Labute approximate surface area is 309 Å². The molecule has 0 spiro atoms. The van der Waals surface area contributed by atoms with Crippen molar-refractivity contribution in [3.8, 4) is 11.4 Å². The van der Waals surface area contributed by atoms with Crippen LogP contribution < -0.4 is 4.57 Å². The van der Waals surface area contributed by atoms with E-state index in [-0.39, 0.29) is 38.4 Å². The van der Waals surface area contributed by atoms with Gasteiger partial charge in [-0.1, -0.05) is 92.5 Å². The van der Waals surface area contributed by atoms with Crippen molar-refractivity contribution in [3.05, 3.63) is 158 Å². The summed E-state index contributed by atoms with van der Waals surface area (Å²) in [5, 5.41) is 4.33. The molecule has 0 fully saturated rings. The lowest BCUT2D eigenvalue weighted by Crippen LogP contribution is -2.36. The Morgan fingerprint density at radius 3 is 2.16 bits per heavy atom. The fraction of sp³-hybridized carbons (Fsp3) is 0.132. The Balaban J connectivity index is 0.933. The largest absolute Gasteiger partial charge is 0.513 e. The third-order valence-electron chi connectivity index (χ3n) is 8.59. The maximum Gasteiger partial charge on any atom is 0.513 e. The molecule has 0 unspecified atom stereocenters. The highest BCUT2D eigenvalue weighted by atomic mass is 79.9. The molecule has 252 valence electrons. The average molecular weight is 806 g/mol. The number of carbonyl (C=O) groups is 2. The fourth-order valence-electron chi connectivity index (χ4n) is 6.23. The van der Waals surface area contributed by atoms with Crippen LogP contribution in [0, 0.1) is 0 Å². The highest BCUT2D eigenvalue weighted by Crippen LogP contribution is 2.29. The standard InChI is InChI=1S/C38H28Br2N7O4/c39-26-12-14-30-28(18-26)34(24-8-3-1-4-9-24)41-20-32-36(43-22-45(30)32)37(48)50-16-7-17-51-38(49)47-33-21-42-35(25-10-5-2-6-11-25)29-19-27(40)13-15-31(29)46(33)23-44-47/h1-6,8-15,18-19,22-23H,7,16-17,20-21H2/q+1. The van der Waals surface area contributed by atoms with Gasteiger partial charge in [0.05, 0.1) is 42.6 Å². The maximum absolute atomic E-state index is 13.2. The Morgan fingerprint density at radius 1 is 0.765 bits per heavy atom. The topological polar surface area (TPSA) is 117 Å². The smallest absolute Gasteiger partial charge is 0.461 e. The maximum atomic E-state index is 13.2. The predicted molar refractivity (Wildman–Crippen MR) is 196 cm³/mol. The van der Waals surface area contributed by atoms with Gasteiger partial charge < -0.3 is 9.47 Å². The van der Waals surface area contributed by atoms with Crippen molar-refractivity contribution < 1.29 is 23.6 Å². The third-order valence-corrected chi connectivity index (χ3v) is 9.58. The van der Waals surface area contributed by atoms with Crippen molar-refractivity contribution >= 4 is 55.3 Å². The molecule has 0 bridgehead atoms. The van der Waals surface area contributed by atoms with Gasteiger partial charge in [0.1, 0.15) is 18.6 Å². The molecule has 51 heavy (non-hydrogen) atoms. The normalized spacial score (nSPS) is 13.0. The lowest BCUT2D eigenvalue weighted by molar-refractivity contribution is -0.604. The zero-order chi connectivity index (χ0) is 34.9. The number of halogens is 2. The lowest BCUT2D eigenvalue weighted by Gasteiger charge is -2.12. The number of benzene rings is 4. The van der Waals surface area contributed by atoms with Crippen molar-refractivity contribution in [2.24, 2.45) is 9.98 Å². The van der Waals surface area contributed by atoms with E-state index in [0.717, 1.165) is 54.0 Å². The van der Waals surface area contributed by atoms with Gasteiger partial charge in [-0.25, -0.2) is 14.6 Å². The van der Waals surface area contributed by atoms with Crippen LogP contribution in [-0.2, 0) is 22.6 Å². The van der Waals surface area contributed by atoms with Crippen LogP contribution in [0.2, 0.25) is 0 Å². The van der Waals surface area contributed by atoms with Crippen LogP contribution in [-0.4, -0.2) is 56.0 Å². The van der Waals surface area contributed by atoms with Crippen LogP contribution in [0.25, 0.3) is 11.4 Å². The Hall–Kier alpha value is -5.53. The second-order valence-electron chi connectivity index (χ2n) is 11.7. The molecule has 0 aliphatic carbocycles. The number of hydrogen-bond acceptors (Lipinski definition) is 8. The number of carbonyl (C=O) groups excluding carboxylic acids is 2. The summed E-state index contributed by atoms with van der Waals surface area (Å²) in [6.45, 7) is 0.488. The average Bonchev–Trinajstić information content (AvgIpc) is 3.69. The summed E-state index contributed by atoms with van der Waals surface area (Å²) in [6, 6.07) is 31.7. The van der Waals surface area contributed by atoms with Gasteiger partial charge in [-0.15, -0.1) is 0 Å². The van der Waals surface area contributed by atoms with Gasteiger partial charge in [0.2, 0.25) is 0 Å². The second kappa shape index (κ2) is 14.0. The van der Waals surface area contributed by atoms with Crippen molar-refractivity contribution in [3.63, 3.8) is 0 Å². The van der Waals surface area contributed by atoms with E-state index in [1.165, 1.54) is 4.68 Å². The molecule has 13 heteroatoms. The summed E-state index contributed by atoms with van der Waals surface area (Å²) < 4.78 is 17.9. The molecule has 2 aromatic heterocycles. The molecule has 0 atom stereocenters. The molecule has 0 saturated heterocycles. The van der Waals surface area contributed by atoms with E-state index >= 15 is 0 Å². The minimum Gasteiger partial charge on any atom is -0.461 e. The summed E-state index contributed by atoms with van der Waals surface area (Å²) in [5.74, 6) is -0.0216. The van der Waals surface area contributed by atoms with Gasteiger partial charge >= 0.3 is 12.1 Å². The monoisotopic (exact) mass is 804 g/mol. The number of nitrogens with zero attached hydrogens (tertiary/aromatic N) is 7. The summed E-state index contributed by atoms with van der Waals surface area (Å²) in [4.78, 5) is 40.7. The SMILES string of the molecule is O=C(OCCCOC(=O)n1nc[n+]2c1CN=C(c1ccccc1)c1cc(Br)ccc1-2)c1ncn2c1CN=C(c1ccccc1)c1cc(Br)ccc1-2. The molecule has 2 aliphatic heterocycles. The first-order valence-corrected chi connectivity index (χ1v) is 17.7. The predicted octanol–water partition coefficient (Wildman–Crippen LogP) is 6.80. The highest BCUT2D eigenvalue weighted by Gasteiger charge is 2.31.